The SMILES string of the molecule is CC(=O)Nc1cc([N+](=O)[O-])cc2c1NC(=O)C21OCCO1. The number of nitro benzene ring substituents is 1. The lowest BCUT2D eigenvalue weighted by Gasteiger charge is -2.19. The van der Waals surface area contributed by atoms with Crippen LogP contribution in [0.15, 0.2) is 12.1 Å². The van der Waals surface area contributed by atoms with Crippen molar-refractivity contribution >= 4 is 28.9 Å². The molecule has 1 saturated heterocycles. The lowest BCUT2D eigenvalue weighted by atomic mass is 10.0. The fraction of sp³-hybridized carbons (Fsp3) is 0.333. The van der Waals surface area contributed by atoms with Crippen molar-refractivity contribution in [1.29, 1.82) is 0 Å². The summed E-state index contributed by atoms with van der Waals surface area (Å²) in [5, 5.41) is 16.0. The van der Waals surface area contributed by atoms with E-state index < -0.39 is 22.5 Å². The van der Waals surface area contributed by atoms with Crippen LogP contribution in [0.25, 0.3) is 0 Å². The van der Waals surface area contributed by atoms with Crippen LogP contribution in [0.4, 0.5) is 17.1 Å². The van der Waals surface area contributed by atoms with Crippen molar-refractivity contribution in [2.45, 2.75) is 12.7 Å². The Morgan fingerprint density at radius 2 is 2.10 bits per heavy atom. The first-order valence-electron chi connectivity index (χ1n) is 6.14. The number of rotatable bonds is 2. The predicted molar refractivity (Wildman–Crippen MR) is 69.6 cm³/mol. The third kappa shape index (κ3) is 1.94. The predicted octanol–water partition coefficient (Wildman–Crippen LogP) is 0.705. The Morgan fingerprint density at radius 3 is 2.67 bits per heavy atom. The van der Waals surface area contributed by atoms with E-state index in [2.05, 4.69) is 10.6 Å². The van der Waals surface area contributed by atoms with Gasteiger partial charge in [0, 0.05) is 19.1 Å². The molecule has 0 saturated carbocycles. The smallest absolute Gasteiger partial charge is 0.290 e. The maximum absolute atomic E-state index is 12.1. The molecule has 1 spiro atoms. The van der Waals surface area contributed by atoms with E-state index in [9.17, 15) is 19.7 Å². The number of hydrogen-bond acceptors (Lipinski definition) is 6. The Hall–Kier alpha value is -2.52. The quantitative estimate of drug-likeness (QED) is 0.612. The number of hydrogen-bond donors (Lipinski definition) is 2. The Labute approximate surface area is 118 Å². The summed E-state index contributed by atoms with van der Waals surface area (Å²) in [4.78, 5) is 33.8. The van der Waals surface area contributed by atoms with Crippen molar-refractivity contribution in [3.63, 3.8) is 0 Å². The number of anilines is 2. The Kier molecular flexibility index (Phi) is 2.88. The number of amides is 2. The number of nitro groups is 1. The van der Waals surface area contributed by atoms with E-state index in [4.69, 9.17) is 9.47 Å². The molecule has 2 heterocycles. The van der Waals surface area contributed by atoms with Gasteiger partial charge in [0.1, 0.15) is 0 Å². The Morgan fingerprint density at radius 1 is 1.43 bits per heavy atom. The number of nitrogens with one attached hydrogen (secondary N) is 2. The molecule has 0 radical (unpaired) electrons. The lowest BCUT2D eigenvalue weighted by Crippen LogP contribution is -2.35. The summed E-state index contributed by atoms with van der Waals surface area (Å²) in [6.45, 7) is 1.66. The van der Waals surface area contributed by atoms with Crippen molar-refractivity contribution in [3.8, 4) is 0 Å². The summed E-state index contributed by atoms with van der Waals surface area (Å²) in [5.41, 5.74) is 0.314. The standard InChI is InChI=1S/C12H11N3O6/c1-6(16)13-9-5-7(15(18)19)4-8-10(9)14-11(17)12(8)20-2-3-21-12/h4-5H,2-3H2,1H3,(H,13,16)(H,14,17). The molecule has 1 aromatic rings. The highest BCUT2D eigenvalue weighted by atomic mass is 16.7. The largest absolute Gasteiger partial charge is 0.336 e. The van der Waals surface area contributed by atoms with Crippen LogP contribution in [0.1, 0.15) is 12.5 Å². The first-order chi connectivity index (χ1) is 9.94. The van der Waals surface area contributed by atoms with Crippen LogP contribution < -0.4 is 10.6 Å². The summed E-state index contributed by atoms with van der Waals surface area (Å²) in [6.07, 6.45) is 0. The van der Waals surface area contributed by atoms with Crippen LogP contribution in [-0.2, 0) is 24.8 Å². The number of nitrogens with zero attached hydrogens (tertiary/aromatic N) is 1. The molecule has 0 aliphatic carbocycles. The second-order valence-electron chi connectivity index (χ2n) is 4.62. The van der Waals surface area contributed by atoms with Crippen LogP contribution >= 0.6 is 0 Å². The van der Waals surface area contributed by atoms with Crippen molar-refractivity contribution < 1.29 is 24.0 Å². The third-order valence-corrected chi connectivity index (χ3v) is 3.23. The summed E-state index contributed by atoms with van der Waals surface area (Å²) < 4.78 is 10.7. The second kappa shape index (κ2) is 4.50. The normalized spacial score (nSPS) is 18.4. The van der Waals surface area contributed by atoms with Gasteiger partial charge in [0.2, 0.25) is 5.91 Å². The molecule has 2 N–H and O–H groups in total. The summed E-state index contributed by atoms with van der Waals surface area (Å²) in [6, 6.07) is 2.39. The van der Waals surface area contributed by atoms with Gasteiger partial charge in [-0.25, -0.2) is 0 Å². The van der Waals surface area contributed by atoms with Gasteiger partial charge in [0.05, 0.1) is 35.1 Å². The number of carbonyl (C=O) groups excluding carboxylic acids is 2. The van der Waals surface area contributed by atoms with Crippen LogP contribution in [0, 0.1) is 10.1 Å². The van der Waals surface area contributed by atoms with Gasteiger partial charge in [-0.15, -0.1) is 0 Å². The number of fused-ring (bicyclic) bond motifs is 2. The highest BCUT2D eigenvalue weighted by Gasteiger charge is 2.54. The molecule has 1 fully saturated rings. The topological polar surface area (TPSA) is 120 Å². The number of carbonyl (C=O) groups is 2. The molecule has 2 aliphatic rings. The first kappa shape index (κ1) is 13.5. The minimum atomic E-state index is -1.67. The summed E-state index contributed by atoms with van der Waals surface area (Å²) >= 11 is 0. The van der Waals surface area contributed by atoms with Gasteiger partial charge in [-0.2, -0.15) is 0 Å². The van der Waals surface area contributed by atoms with Gasteiger partial charge in [-0.05, 0) is 0 Å². The molecule has 9 heteroatoms. The second-order valence-corrected chi connectivity index (χ2v) is 4.62. The Bertz CT molecular complexity index is 665. The number of benzene rings is 1. The molecule has 9 nitrogen and oxygen atoms in total. The molecule has 21 heavy (non-hydrogen) atoms. The van der Waals surface area contributed by atoms with Crippen molar-refractivity contribution in [3.05, 3.63) is 27.8 Å². The molecule has 0 unspecified atom stereocenters. The van der Waals surface area contributed by atoms with Crippen LogP contribution in [0.3, 0.4) is 0 Å². The molecule has 0 bridgehead atoms. The van der Waals surface area contributed by atoms with Gasteiger partial charge in [-0.3, -0.25) is 19.7 Å². The van der Waals surface area contributed by atoms with E-state index >= 15 is 0 Å². The molecular formula is C12H11N3O6. The number of ether oxygens (including phenoxy) is 2. The first-order valence-corrected chi connectivity index (χ1v) is 6.14. The van der Waals surface area contributed by atoms with E-state index in [0.717, 1.165) is 0 Å². The van der Waals surface area contributed by atoms with E-state index in [-0.39, 0.29) is 35.8 Å². The highest BCUT2D eigenvalue weighted by molar-refractivity contribution is 6.09. The van der Waals surface area contributed by atoms with Gasteiger partial charge in [-0.1, -0.05) is 0 Å². The molecule has 2 aliphatic heterocycles. The van der Waals surface area contributed by atoms with Gasteiger partial charge in [0.25, 0.3) is 17.4 Å². The van der Waals surface area contributed by atoms with Crippen LogP contribution in [0.2, 0.25) is 0 Å². The minimum Gasteiger partial charge on any atom is -0.336 e. The van der Waals surface area contributed by atoms with Crippen LogP contribution in [0.5, 0.6) is 0 Å². The fourth-order valence-corrected chi connectivity index (χ4v) is 2.43. The molecule has 0 atom stereocenters. The third-order valence-electron chi connectivity index (χ3n) is 3.23. The van der Waals surface area contributed by atoms with Gasteiger partial charge in [0.15, 0.2) is 0 Å². The fourth-order valence-electron chi connectivity index (χ4n) is 2.43. The van der Waals surface area contributed by atoms with Crippen molar-refractivity contribution in [2.75, 3.05) is 23.8 Å². The average molecular weight is 293 g/mol. The van der Waals surface area contributed by atoms with Gasteiger partial charge >= 0.3 is 0 Å². The summed E-state index contributed by atoms with van der Waals surface area (Å²) in [5.74, 6) is -2.66. The van der Waals surface area contributed by atoms with E-state index in [0.29, 0.717) is 0 Å². The Balaban J connectivity index is 2.20. The molecule has 1 aromatic carbocycles. The monoisotopic (exact) mass is 293 g/mol. The van der Waals surface area contributed by atoms with Crippen molar-refractivity contribution in [1.82, 2.24) is 0 Å². The van der Waals surface area contributed by atoms with Gasteiger partial charge < -0.3 is 20.1 Å². The zero-order chi connectivity index (χ0) is 15.2. The zero-order valence-corrected chi connectivity index (χ0v) is 11.0. The highest BCUT2D eigenvalue weighted by Crippen LogP contribution is 2.47. The minimum absolute atomic E-state index is 0.135. The molecule has 110 valence electrons. The maximum atomic E-state index is 12.1. The van der Waals surface area contributed by atoms with E-state index in [1.165, 1.54) is 19.1 Å². The lowest BCUT2D eigenvalue weighted by molar-refractivity contribution is -0.385. The molecule has 2 amide bonds. The van der Waals surface area contributed by atoms with Crippen molar-refractivity contribution in [2.24, 2.45) is 0 Å². The van der Waals surface area contributed by atoms with E-state index in [1.807, 2.05) is 0 Å². The zero-order valence-electron chi connectivity index (χ0n) is 11.0. The molecule has 3 rings (SSSR count). The molecular weight excluding hydrogens is 282 g/mol. The molecule has 0 aromatic heterocycles. The average Bonchev–Trinajstić information content (AvgIpc) is 2.98. The van der Waals surface area contributed by atoms with Crippen LogP contribution in [-0.4, -0.2) is 30.0 Å². The summed E-state index contributed by atoms with van der Waals surface area (Å²) in [7, 11) is 0. The maximum Gasteiger partial charge on any atom is 0.290 e. The van der Waals surface area contributed by atoms with E-state index in [1.54, 1.807) is 0 Å². The number of non-ortho nitro benzene ring substituents is 1.